The maximum Gasteiger partial charge on any atom is 0.0204 e. The first-order valence-corrected chi connectivity index (χ1v) is 10.4. The molecule has 0 aromatic heterocycles. The SMILES string of the molecule is CCCNC1CCC(CCC)CC1SCCN(CC)CC. The van der Waals surface area contributed by atoms with Crippen LogP contribution in [0.1, 0.15) is 66.2 Å². The Hall–Kier alpha value is 0.270. The van der Waals surface area contributed by atoms with E-state index in [0.717, 1.165) is 17.2 Å². The van der Waals surface area contributed by atoms with Crippen molar-refractivity contribution in [2.45, 2.75) is 77.5 Å². The summed E-state index contributed by atoms with van der Waals surface area (Å²) in [5.74, 6) is 2.29. The molecular weight excluding hydrogens is 276 g/mol. The third-order valence-corrected chi connectivity index (χ3v) is 6.26. The van der Waals surface area contributed by atoms with E-state index < -0.39 is 0 Å². The molecule has 1 aliphatic rings. The van der Waals surface area contributed by atoms with Gasteiger partial charge in [-0.15, -0.1) is 0 Å². The molecule has 0 saturated heterocycles. The summed E-state index contributed by atoms with van der Waals surface area (Å²) >= 11 is 2.24. The Morgan fingerprint density at radius 1 is 1.05 bits per heavy atom. The van der Waals surface area contributed by atoms with E-state index in [2.05, 4.69) is 49.7 Å². The monoisotopic (exact) mass is 314 g/mol. The fourth-order valence-electron chi connectivity index (χ4n) is 3.50. The van der Waals surface area contributed by atoms with E-state index in [-0.39, 0.29) is 0 Å². The highest BCUT2D eigenvalue weighted by Crippen LogP contribution is 2.34. The number of nitrogens with zero attached hydrogens (tertiary/aromatic N) is 1. The molecule has 3 heteroatoms. The molecule has 1 fully saturated rings. The molecule has 0 aliphatic heterocycles. The molecule has 0 aromatic carbocycles. The van der Waals surface area contributed by atoms with Crippen molar-refractivity contribution in [3.05, 3.63) is 0 Å². The van der Waals surface area contributed by atoms with Crippen molar-refractivity contribution in [1.29, 1.82) is 0 Å². The normalized spacial score (nSPS) is 26.4. The van der Waals surface area contributed by atoms with Gasteiger partial charge in [0, 0.05) is 23.6 Å². The Bertz CT molecular complexity index is 243. The molecule has 0 amide bonds. The van der Waals surface area contributed by atoms with Crippen LogP contribution in [-0.4, -0.2) is 48.1 Å². The molecule has 126 valence electrons. The smallest absolute Gasteiger partial charge is 0.0204 e. The molecule has 3 unspecified atom stereocenters. The van der Waals surface area contributed by atoms with Crippen molar-refractivity contribution in [2.24, 2.45) is 5.92 Å². The van der Waals surface area contributed by atoms with Crippen LogP contribution in [0.15, 0.2) is 0 Å². The van der Waals surface area contributed by atoms with Gasteiger partial charge in [0.15, 0.2) is 0 Å². The van der Waals surface area contributed by atoms with Crippen molar-refractivity contribution in [1.82, 2.24) is 10.2 Å². The molecule has 0 bridgehead atoms. The van der Waals surface area contributed by atoms with Crippen molar-refractivity contribution >= 4 is 11.8 Å². The van der Waals surface area contributed by atoms with Crippen LogP contribution in [0.4, 0.5) is 0 Å². The zero-order valence-electron chi connectivity index (χ0n) is 14.9. The van der Waals surface area contributed by atoms with E-state index in [1.807, 2.05) is 0 Å². The lowest BCUT2D eigenvalue weighted by Gasteiger charge is -2.37. The van der Waals surface area contributed by atoms with Crippen molar-refractivity contribution < 1.29 is 0 Å². The van der Waals surface area contributed by atoms with Gasteiger partial charge in [-0.05, 0) is 51.2 Å². The summed E-state index contributed by atoms with van der Waals surface area (Å²) in [7, 11) is 0. The predicted octanol–water partition coefficient (Wildman–Crippen LogP) is 4.40. The molecular formula is C18H38N2S. The molecule has 21 heavy (non-hydrogen) atoms. The summed E-state index contributed by atoms with van der Waals surface area (Å²) in [6.07, 6.45) is 8.34. The van der Waals surface area contributed by atoms with E-state index in [4.69, 9.17) is 0 Å². The van der Waals surface area contributed by atoms with Gasteiger partial charge >= 0.3 is 0 Å². The number of thioether (sulfide) groups is 1. The van der Waals surface area contributed by atoms with Crippen LogP contribution >= 0.6 is 11.8 Å². The van der Waals surface area contributed by atoms with Crippen LogP contribution in [0.25, 0.3) is 0 Å². The van der Waals surface area contributed by atoms with Gasteiger partial charge in [0.2, 0.25) is 0 Å². The lowest BCUT2D eigenvalue weighted by Crippen LogP contribution is -2.43. The third kappa shape index (κ3) is 7.38. The van der Waals surface area contributed by atoms with Crippen LogP contribution in [0.2, 0.25) is 0 Å². The van der Waals surface area contributed by atoms with Gasteiger partial charge in [0.25, 0.3) is 0 Å². The van der Waals surface area contributed by atoms with E-state index in [1.54, 1.807) is 0 Å². The number of hydrogen-bond donors (Lipinski definition) is 1. The fraction of sp³-hybridized carbons (Fsp3) is 1.00. The Labute approximate surface area is 137 Å². The predicted molar refractivity (Wildman–Crippen MR) is 98.4 cm³/mol. The van der Waals surface area contributed by atoms with Gasteiger partial charge in [-0.25, -0.2) is 0 Å². The Balaban J connectivity index is 2.41. The summed E-state index contributed by atoms with van der Waals surface area (Å²) in [5.41, 5.74) is 0. The minimum Gasteiger partial charge on any atom is -0.313 e. The molecule has 0 spiro atoms. The van der Waals surface area contributed by atoms with E-state index in [0.29, 0.717) is 0 Å². The molecule has 0 radical (unpaired) electrons. The van der Waals surface area contributed by atoms with Crippen LogP contribution in [-0.2, 0) is 0 Å². The Morgan fingerprint density at radius 3 is 2.43 bits per heavy atom. The highest BCUT2D eigenvalue weighted by molar-refractivity contribution is 8.00. The quantitative estimate of drug-likeness (QED) is 0.608. The molecule has 3 atom stereocenters. The van der Waals surface area contributed by atoms with Crippen molar-refractivity contribution in [3.63, 3.8) is 0 Å². The van der Waals surface area contributed by atoms with E-state index in [9.17, 15) is 0 Å². The average molecular weight is 315 g/mol. The molecule has 0 aromatic rings. The zero-order chi connectivity index (χ0) is 15.5. The van der Waals surface area contributed by atoms with E-state index >= 15 is 0 Å². The highest BCUT2D eigenvalue weighted by atomic mass is 32.2. The van der Waals surface area contributed by atoms with Crippen molar-refractivity contribution in [3.8, 4) is 0 Å². The molecule has 1 N–H and O–H groups in total. The van der Waals surface area contributed by atoms with Crippen LogP contribution in [0.5, 0.6) is 0 Å². The topological polar surface area (TPSA) is 15.3 Å². The minimum atomic E-state index is 0.764. The van der Waals surface area contributed by atoms with Crippen LogP contribution in [0.3, 0.4) is 0 Å². The van der Waals surface area contributed by atoms with Gasteiger partial charge in [-0.1, -0.05) is 40.5 Å². The molecule has 1 aliphatic carbocycles. The molecule has 0 heterocycles. The summed E-state index contributed by atoms with van der Waals surface area (Å²) in [5, 5.41) is 4.66. The average Bonchev–Trinajstić information content (AvgIpc) is 2.51. The fourth-order valence-corrected chi connectivity index (χ4v) is 5.04. The molecule has 1 rings (SSSR count). The first kappa shape index (κ1) is 19.3. The van der Waals surface area contributed by atoms with E-state index in [1.165, 1.54) is 70.5 Å². The Kier molecular flexibility index (Phi) is 10.8. The minimum absolute atomic E-state index is 0.764. The number of rotatable bonds is 11. The van der Waals surface area contributed by atoms with Crippen LogP contribution in [0, 0.1) is 5.92 Å². The standard InChI is InChI=1S/C18H38N2S/c1-5-9-16-10-11-17(19-12-6-2)18(15-16)21-14-13-20(7-3)8-4/h16-19H,5-15H2,1-4H3. The van der Waals surface area contributed by atoms with Gasteiger partial charge in [0.05, 0.1) is 0 Å². The first-order valence-electron chi connectivity index (χ1n) is 9.32. The second-order valence-electron chi connectivity index (χ2n) is 6.46. The zero-order valence-corrected chi connectivity index (χ0v) is 15.7. The molecule has 2 nitrogen and oxygen atoms in total. The van der Waals surface area contributed by atoms with Gasteiger partial charge in [-0.3, -0.25) is 0 Å². The highest BCUT2D eigenvalue weighted by Gasteiger charge is 2.29. The van der Waals surface area contributed by atoms with Crippen molar-refractivity contribution in [2.75, 3.05) is 31.9 Å². The summed E-state index contributed by atoms with van der Waals surface area (Å²) in [6.45, 7) is 14.0. The lowest BCUT2D eigenvalue weighted by atomic mass is 9.83. The number of hydrogen-bond acceptors (Lipinski definition) is 3. The summed E-state index contributed by atoms with van der Waals surface area (Å²) < 4.78 is 0. The lowest BCUT2D eigenvalue weighted by molar-refractivity contribution is 0.286. The largest absolute Gasteiger partial charge is 0.313 e. The summed E-state index contributed by atoms with van der Waals surface area (Å²) in [6, 6.07) is 0.764. The summed E-state index contributed by atoms with van der Waals surface area (Å²) in [4.78, 5) is 2.55. The maximum absolute atomic E-state index is 3.82. The van der Waals surface area contributed by atoms with Crippen LogP contribution < -0.4 is 5.32 Å². The van der Waals surface area contributed by atoms with Gasteiger partial charge < -0.3 is 10.2 Å². The Morgan fingerprint density at radius 2 is 1.81 bits per heavy atom. The second kappa shape index (κ2) is 11.8. The number of nitrogens with one attached hydrogen (secondary N) is 1. The third-order valence-electron chi connectivity index (χ3n) is 4.89. The second-order valence-corrected chi connectivity index (χ2v) is 7.81. The van der Waals surface area contributed by atoms with Gasteiger partial charge in [-0.2, -0.15) is 11.8 Å². The first-order chi connectivity index (χ1) is 10.2. The molecule has 1 saturated carbocycles. The maximum atomic E-state index is 3.82. The van der Waals surface area contributed by atoms with Gasteiger partial charge in [0.1, 0.15) is 0 Å².